The largest absolute Gasteiger partial charge is 0.492 e. The van der Waals surface area contributed by atoms with Crippen LogP contribution < -0.4 is 9.47 Å². The smallest absolute Gasteiger partial charge is 0.174 e. The van der Waals surface area contributed by atoms with E-state index in [-0.39, 0.29) is 6.10 Å². The fourth-order valence-corrected chi connectivity index (χ4v) is 4.00. The number of piperidine rings is 3. The first kappa shape index (κ1) is 15.7. The van der Waals surface area contributed by atoms with E-state index in [2.05, 4.69) is 26.9 Å². The lowest BCUT2D eigenvalue weighted by atomic mass is 9.83. The van der Waals surface area contributed by atoms with Crippen LogP contribution in [0.3, 0.4) is 0 Å². The Labute approximate surface area is 139 Å². The Morgan fingerprint density at radius 3 is 2.68 bits per heavy atom. The normalized spacial score (nSPS) is 25.6. The molecule has 0 saturated carbocycles. The lowest BCUT2D eigenvalue weighted by molar-refractivity contribution is 0.0215. The molecule has 4 nitrogen and oxygen atoms in total. The van der Waals surface area contributed by atoms with E-state index in [1.807, 2.05) is 19.1 Å². The van der Waals surface area contributed by atoms with Crippen LogP contribution in [0.1, 0.15) is 25.3 Å². The summed E-state index contributed by atoms with van der Waals surface area (Å²) in [6.07, 6.45) is 3.91. The van der Waals surface area contributed by atoms with Gasteiger partial charge in [0, 0.05) is 18.8 Å². The predicted octanol–water partition coefficient (Wildman–Crippen LogP) is 3.28. The lowest BCUT2D eigenvalue weighted by Crippen LogP contribution is -2.48. The Bertz CT molecular complexity index is 576. The molecule has 0 amide bonds. The van der Waals surface area contributed by atoms with Gasteiger partial charge in [-0.25, -0.2) is 0 Å². The molecular weight excluding hydrogens is 346 g/mol. The van der Waals surface area contributed by atoms with Crippen molar-refractivity contribution >= 4 is 22.0 Å². The Kier molecular flexibility index (Phi) is 4.64. The van der Waals surface area contributed by atoms with Gasteiger partial charge in [-0.15, -0.1) is 0 Å². The SMILES string of the molecule is CCOc1cc(/C=C2\[C@@H](O)C3CCN2CC3)cc(Br)c1OC. The van der Waals surface area contributed by atoms with Crippen LogP contribution >= 0.6 is 15.9 Å². The van der Waals surface area contributed by atoms with E-state index in [1.165, 1.54) is 0 Å². The van der Waals surface area contributed by atoms with Crippen molar-refractivity contribution in [2.45, 2.75) is 25.9 Å². The van der Waals surface area contributed by atoms with E-state index in [0.29, 0.717) is 18.3 Å². The molecule has 3 aliphatic rings. The van der Waals surface area contributed by atoms with Crippen molar-refractivity contribution in [2.75, 3.05) is 26.8 Å². The molecule has 1 aromatic carbocycles. The van der Waals surface area contributed by atoms with Crippen molar-refractivity contribution in [1.29, 1.82) is 0 Å². The number of halogens is 1. The van der Waals surface area contributed by atoms with Gasteiger partial charge in [-0.1, -0.05) is 0 Å². The minimum absolute atomic E-state index is 0.348. The van der Waals surface area contributed by atoms with E-state index >= 15 is 0 Å². The summed E-state index contributed by atoms with van der Waals surface area (Å²) in [6.45, 7) is 4.63. The van der Waals surface area contributed by atoms with Crippen LogP contribution in [0.4, 0.5) is 0 Å². The van der Waals surface area contributed by atoms with Crippen molar-refractivity contribution in [3.63, 3.8) is 0 Å². The zero-order valence-corrected chi connectivity index (χ0v) is 14.6. The van der Waals surface area contributed by atoms with Gasteiger partial charge in [0.2, 0.25) is 0 Å². The van der Waals surface area contributed by atoms with Gasteiger partial charge in [0.05, 0.1) is 24.3 Å². The highest BCUT2D eigenvalue weighted by molar-refractivity contribution is 9.10. The van der Waals surface area contributed by atoms with Gasteiger partial charge in [0.1, 0.15) is 0 Å². The molecule has 3 saturated heterocycles. The maximum absolute atomic E-state index is 10.5. The molecule has 0 unspecified atom stereocenters. The lowest BCUT2D eigenvalue weighted by Gasteiger charge is -2.46. The summed E-state index contributed by atoms with van der Waals surface area (Å²) in [7, 11) is 1.64. The van der Waals surface area contributed by atoms with Crippen molar-refractivity contribution < 1.29 is 14.6 Å². The van der Waals surface area contributed by atoms with Crippen LogP contribution in [0.15, 0.2) is 22.3 Å². The Morgan fingerprint density at radius 2 is 2.09 bits per heavy atom. The van der Waals surface area contributed by atoms with Gasteiger partial charge in [0.15, 0.2) is 11.5 Å². The van der Waals surface area contributed by atoms with Crippen molar-refractivity contribution in [1.82, 2.24) is 4.90 Å². The fraction of sp³-hybridized carbons (Fsp3) is 0.529. The molecule has 0 radical (unpaired) electrons. The van der Waals surface area contributed by atoms with Crippen molar-refractivity contribution in [3.8, 4) is 11.5 Å². The molecule has 1 atom stereocenters. The second-order valence-electron chi connectivity index (χ2n) is 5.81. The fourth-order valence-electron chi connectivity index (χ4n) is 3.38. The first-order valence-electron chi connectivity index (χ1n) is 7.79. The highest BCUT2D eigenvalue weighted by Crippen LogP contribution is 2.39. The Morgan fingerprint density at radius 1 is 1.36 bits per heavy atom. The van der Waals surface area contributed by atoms with Gasteiger partial charge in [-0.2, -0.15) is 0 Å². The number of nitrogens with zero attached hydrogens (tertiary/aromatic N) is 1. The number of methoxy groups -OCH3 is 1. The summed E-state index contributed by atoms with van der Waals surface area (Å²) < 4.78 is 11.9. The summed E-state index contributed by atoms with van der Waals surface area (Å²) in [5.74, 6) is 1.83. The zero-order valence-electron chi connectivity index (χ0n) is 13.0. The molecule has 3 heterocycles. The van der Waals surface area contributed by atoms with Crippen LogP contribution in [-0.2, 0) is 0 Å². The average Bonchev–Trinajstić information content (AvgIpc) is 2.51. The summed E-state index contributed by atoms with van der Waals surface area (Å²) in [5, 5.41) is 10.5. The minimum Gasteiger partial charge on any atom is -0.492 e. The molecule has 1 N–H and O–H groups in total. The third kappa shape index (κ3) is 2.84. The van der Waals surface area contributed by atoms with Crippen molar-refractivity contribution in [2.24, 2.45) is 5.92 Å². The second kappa shape index (κ2) is 6.50. The monoisotopic (exact) mass is 367 g/mol. The first-order valence-corrected chi connectivity index (χ1v) is 8.58. The summed E-state index contributed by atoms with van der Waals surface area (Å²) in [4.78, 5) is 2.29. The molecule has 0 aliphatic carbocycles. The van der Waals surface area contributed by atoms with E-state index in [4.69, 9.17) is 9.47 Å². The standard InChI is InChI=1S/C17H22BrNO3/c1-3-22-15-10-11(8-13(18)17(15)21-2)9-14-16(20)12-4-6-19(14)7-5-12/h8-10,12,16,20H,3-7H2,1-2H3/b14-9+/t16-/m0/s1. The number of ether oxygens (including phenoxy) is 2. The number of hydrogen-bond donors (Lipinski definition) is 1. The maximum Gasteiger partial charge on any atom is 0.174 e. The Balaban J connectivity index is 1.96. The zero-order chi connectivity index (χ0) is 15.7. The number of hydrogen-bond acceptors (Lipinski definition) is 4. The quantitative estimate of drug-likeness (QED) is 0.886. The van der Waals surface area contributed by atoms with Gasteiger partial charge >= 0.3 is 0 Å². The predicted molar refractivity (Wildman–Crippen MR) is 90.1 cm³/mol. The average molecular weight is 368 g/mol. The molecular formula is C17H22BrNO3. The molecule has 0 aromatic heterocycles. The molecule has 120 valence electrons. The van der Waals surface area contributed by atoms with E-state index in [1.54, 1.807) is 7.11 Å². The summed E-state index contributed by atoms with van der Waals surface area (Å²) in [6, 6.07) is 3.97. The molecule has 5 heteroatoms. The van der Waals surface area contributed by atoms with Crippen molar-refractivity contribution in [3.05, 3.63) is 27.9 Å². The second-order valence-corrected chi connectivity index (χ2v) is 6.66. The summed E-state index contributed by atoms with van der Waals surface area (Å²) in [5.41, 5.74) is 2.04. The first-order chi connectivity index (χ1) is 10.6. The van der Waals surface area contributed by atoms with Gasteiger partial charge in [-0.3, -0.25) is 0 Å². The van der Waals surface area contributed by atoms with Gasteiger partial charge in [0.25, 0.3) is 0 Å². The molecule has 2 bridgehead atoms. The van der Waals surface area contributed by atoms with Crippen LogP contribution in [0, 0.1) is 5.92 Å². The van der Waals surface area contributed by atoms with Gasteiger partial charge in [-0.05, 0) is 65.4 Å². The van der Waals surface area contributed by atoms with E-state index < -0.39 is 0 Å². The molecule has 1 aromatic rings. The highest BCUT2D eigenvalue weighted by Gasteiger charge is 2.36. The molecule has 4 rings (SSSR count). The topological polar surface area (TPSA) is 41.9 Å². The molecule has 0 spiro atoms. The van der Waals surface area contributed by atoms with Crippen LogP contribution in [0.5, 0.6) is 11.5 Å². The maximum atomic E-state index is 10.5. The van der Waals surface area contributed by atoms with Crippen LogP contribution in [0.25, 0.3) is 6.08 Å². The number of benzene rings is 1. The van der Waals surface area contributed by atoms with Gasteiger partial charge < -0.3 is 19.5 Å². The van der Waals surface area contributed by atoms with E-state index in [9.17, 15) is 5.11 Å². The molecule has 3 fully saturated rings. The third-order valence-electron chi connectivity index (χ3n) is 4.50. The molecule has 3 aliphatic heterocycles. The third-order valence-corrected chi connectivity index (χ3v) is 5.09. The minimum atomic E-state index is -0.348. The van der Waals surface area contributed by atoms with E-state index in [0.717, 1.165) is 47.4 Å². The number of aliphatic hydroxyl groups excluding tert-OH is 1. The highest BCUT2D eigenvalue weighted by atomic mass is 79.9. The number of aliphatic hydroxyl groups is 1. The van der Waals surface area contributed by atoms with Crippen LogP contribution in [-0.4, -0.2) is 42.9 Å². The number of rotatable bonds is 4. The summed E-state index contributed by atoms with van der Waals surface area (Å²) >= 11 is 3.54. The number of fused-ring (bicyclic) bond motifs is 3. The molecule has 22 heavy (non-hydrogen) atoms. The van der Waals surface area contributed by atoms with Crippen LogP contribution in [0.2, 0.25) is 0 Å². The Hall–Kier alpha value is -1.20.